The summed E-state index contributed by atoms with van der Waals surface area (Å²) in [6, 6.07) is 7.04. The minimum Gasteiger partial charge on any atom is -0.492 e. The molecule has 0 bridgehead atoms. The molecule has 0 unspecified atom stereocenters. The molecule has 0 heterocycles. The molecular weight excluding hydrogens is 237 g/mol. The van der Waals surface area contributed by atoms with Crippen molar-refractivity contribution in [3.8, 4) is 5.75 Å². The Morgan fingerprint density at radius 2 is 2.07 bits per heavy atom. The molecule has 0 saturated carbocycles. The third kappa shape index (κ3) is 5.23. The molecule has 0 aliphatic rings. The molecule has 0 amide bonds. The van der Waals surface area contributed by atoms with Gasteiger partial charge in [0.15, 0.2) is 0 Å². The first-order chi connectivity index (χ1) is 6.74. The SMILES string of the molecule is Cl.N[C@H](CO)CCOc1ccccc1Cl. The molecule has 86 valence electrons. The largest absolute Gasteiger partial charge is 0.492 e. The second-order valence-corrected chi connectivity index (χ2v) is 3.42. The zero-order valence-corrected chi connectivity index (χ0v) is 9.80. The maximum atomic E-state index is 8.68. The first-order valence-corrected chi connectivity index (χ1v) is 4.85. The molecule has 15 heavy (non-hydrogen) atoms. The minimum absolute atomic E-state index is 0. The topological polar surface area (TPSA) is 55.5 Å². The number of aliphatic hydroxyl groups excluding tert-OH is 1. The Bertz CT molecular complexity index is 284. The summed E-state index contributed by atoms with van der Waals surface area (Å²) in [5, 5.41) is 9.27. The van der Waals surface area contributed by atoms with Gasteiger partial charge in [0.25, 0.3) is 0 Å². The van der Waals surface area contributed by atoms with E-state index >= 15 is 0 Å². The van der Waals surface area contributed by atoms with Crippen molar-refractivity contribution in [1.82, 2.24) is 0 Å². The third-order valence-corrected chi connectivity index (χ3v) is 2.13. The molecule has 0 aliphatic heterocycles. The van der Waals surface area contributed by atoms with E-state index in [0.717, 1.165) is 0 Å². The van der Waals surface area contributed by atoms with Gasteiger partial charge in [-0.25, -0.2) is 0 Å². The normalized spacial score (nSPS) is 11.7. The van der Waals surface area contributed by atoms with E-state index in [9.17, 15) is 0 Å². The van der Waals surface area contributed by atoms with Crippen LogP contribution in [0.5, 0.6) is 5.75 Å². The molecule has 3 nitrogen and oxygen atoms in total. The Balaban J connectivity index is 0.00000196. The number of benzene rings is 1. The van der Waals surface area contributed by atoms with Crippen LogP contribution in [0.15, 0.2) is 24.3 Å². The van der Waals surface area contributed by atoms with E-state index in [4.69, 9.17) is 27.2 Å². The quantitative estimate of drug-likeness (QED) is 0.840. The van der Waals surface area contributed by atoms with E-state index in [1.54, 1.807) is 12.1 Å². The lowest BCUT2D eigenvalue weighted by Gasteiger charge is -2.10. The van der Waals surface area contributed by atoms with E-state index in [0.29, 0.717) is 23.8 Å². The van der Waals surface area contributed by atoms with Crippen molar-refractivity contribution in [2.45, 2.75) is 12.5 Å². The standard InChI is InChI=1S/C10H14ClNO2.ClH/c11-9-3-1-2-4-10(9)14-6-5-8(12)7-13;/h1-4,8,13H,5-7,12H2;1H/t8-;/m0./s1. The third-order valence-electron chi connectivity index (χ3n) is 1.82. The molecule has 1 atom stereocenters. The molecule has 1 rings (SSSR count). The average Bonchev–Trinajstić information content (AvgIpc) is 2.20. The zero-order valence-electron chi connectivity index (χ0n) is 8.23. The van der Waals surface area contributed by atoms with Gasteiger partial charge in [0, 0.05) is 6.04 Å². The van der Waals surface area contributed by atoms with Crippen LogP contribution in [0.4, 0.5) is 0 Å². The van der Waals surface area contributed by atoms with E-state index in [1.165, 1.54) is 0 Å². The second kappa shape index (κ2) is 7.77. The highest BCUT2D eigenvalue weighted by Crippen LogP contribution is 2.23. The number of hydrogen-bond donors (Lipinski definition) is 2. The predicted molar refractivity (Wildman–Crippen MR) is 63.9 cm³/mol. The van der Waals surface area contributed by atoms with Crippen LogP contribution in [0.25, 0.3) is 0 Å². The van der Waals surface area contributed by atoms with Gasteiger partial charge in [-0.1, -0.05) is 23.7 Å². The predicted octanol–water partition coefficient (Wildman–Crippen LogP) is 1.85. The van der Waals surface area contributed by atoms with Crippen LogP contribution in [-0.4, -0.2) is 24.4 Å². The molecule has 0 aliphatic carbocycles. The Kier molecular flexibility index (Phi) is 7.52. The van der Waals surface area contributed by atoms with Crippen LogP contribution in [0.1, 0.15) is 6.42 Å². The summed E-state index contributed by atoms with van der Waals surface area (Å²) in [5.41, 5.74) is 5.51. The monoisotopic (exact) mass is 251 g/mol. The molecule has 0 radical (unpaired) electrons. The molecule has 0 spiro atoms. The van der Waals surface area contributed by atoms with Crippen LogP contribution in [0.2, 0.25) is 5.02 Å². The van der Waals surface area contributed by atoms with Gasteiger partial charge in [0.05, 0.1) is 18.2 Å². The maximum absolute atomic E-state index is 8.68. The van der Waals surface area contributed by atoms with Crippen molar-refractivity contribution >= 4 is 24.0 Å². The molecule has 5 heteroatoms. The van der Waals surface area contributed by atoms with Gasteiger partial charge in [-0.2, -0.15) is 0 Å². The fourth-order valence-electron chi connectivity index (χ4n) is 0.973. The summed E-state index contributed by atoms with van der Waals surface area (Å²) in [4.78, 5) is 0. The summed E-state index contributed by atoms with van der Waals surface area (Å²) >= 11 is 5.87. The van der Waals surface area contributed by atoms with Crippen LogP contribution in [0.3, 0.4) is 0 Å². The number of para-hydroxylation sites is 1. The van der Waals surface area contributed by atoms with E-state index in [1.807, 2.05) is 12.1 Å². The Morgan fingerprint density at radius 3 is 2.67 bits per heavy atom. The summed E-state index contributed by atoms with van der Waals surface area (Å²) in [6.07, 6.45) is 0.613. The molecular formula is C10H15Cl2NO2. The molecule has 0 fully saturated rings. The Morgan fingerprint density at radius 1 is 1.40 bits per heavy atom. The Hall–Kier alpha value is -0.480. The van der Waals surface area contributed by atoms with E-state index in [2.05, 4.69) is 0 Å². The van der Waals surface area contributed by atoms with Crippen LogP contribution in [-0.2, 0) is 0 Å². The average molecular weight is 252 g/mol. The van der Waals surface area contributed by atoms with Gasteiger partial charge >= 0.3 is 0 Å². The number of halogens is 2. The Labute approximate surface area is 101 Å². The summed E-state index contributed by atoms with van der Waals surface area (Å²) in [7, 11) is 0. The van der Waals surface area contributed by atoms with Crippen molar-refractivity contribution in [2.24, 2.45) is 5.73 Å². The van der Waals surface area contributed by atoms with Gasteiger partial charge in [-0.3, -0.25) is 0 Å². The summed E-state index contributed by atoms with van der Waals surface area (Å²) < 4.78 is 5.39. The molecule has 0 aromatic heterocycles. The van der Waals surface area contributed by atoms with Crippen molar-refractivity contribution in [2.75, 3.05) is 13.2 Å². The van der Waals surface area contributed by atoms with Gasteiger partial charge < -0.3 is 15.6 Å². The highest BCUT2D eigenvalue weighted by molar-refractivity contribution is 6.32. The second-order valence-electron chi connectivity index (χ2n) is 3.01. The lowest BCUT2D eigenvalue weighted by atomic mass is 10.2. The number of hydrogen-bond acceptors (Lipinski definition) is 3. The van der Waals surface area contributed by atoms with Crippen molar-refractivity contribution in [3.05, 3.63) is 29.3 Å². The number of ether oxygens (including phenoxy) is 1. The smallest absolute Gasteiger partial charge is 0.137 e. The van der Waals surface area contributed by atoms with Crippen molar-refractivity contribution < 1.29 is 9.84 Å². The minimum atomic E-state index is -0.225. The van der Waals surface area contributed by atoms with Gasteiger partial charge in [-0.05, 0) is 18.6 Å². The maximum Gasteiger partial charge on any atom is 0.137 e. The fourth-order valence-corrected chi connectivity index (χ4v) is 1.16. The molecule has 3 N–H and O–H groups in total. The molecule has 0 saturated heterocycles. The number of rotatable bonds is 5. The molecule has 1 aromatic rings. The highest BCUT2D eigenvalue weighted by atomic mass is 35.5. The van der Waals surface area contributed by atoms with Crippen LogP contribution in [0, 0.1) is 0 Å². The van der Waals surface area contributed by atoms with E-state index in [-0.39, 0.29) is 25.1 Å². The van der Waals surface area contributed by atoms with Crippen molar-refractivity contribution in [3.63, 3.8) is 0 Å². The lowest BCUT2D eigenvalue weighted by Crippen LogP contribution is -2.26. The van der Waals surface area contributed by atoms with Gasteiger partial charge in [0.2, 0.25) is 0 Å². The molecule has 1 aromatic carbocycles. The lowest BCUT2D eigenvalue weighted by molar-refractivity contribution is 0.230. The van der Waals surface area contributed by atoms with Gasteiger partial charge in [0.1, 0.15) is 5.75 Å². The van der Waals surface area contributed by atoms with Crippen LogP contribution < -0.4 is 10.5 Å². The van der Waals surface area contributed by atoms with Crippen LogP contribution >= 0.6 is 24.0 Å². The summed E-state index contributed by atoms with van der Waals surface area (Å²) in [5.74, 6) is 0.652. The zero-order chi connectivity index (χ0) is 10.4. The van der Waals surface area contributed by atoms with Gasteiger partial charge in [-0.15, -0.1) is 12.4 Å². The number of aliphatic hydroxyl groups is 1. The fraction of sp³-hybridized carbons (Fsp3) is 0.400. The van der Waals surface area contributed by atoms with Crippen molar-refractivity contribution in [1.29, 1.82) is 0 Å². The first-order valence-electron chi connectivity index (χ1n) is 4.48. The first kappa shape index (κ1) is 14.5. The van der Waals surface area contributed by atoms with E-state index < -0.39 is 0 Å². The highest BCUT2D eigenvalue weighted by Gasteiger charge is 2.02. The summed E-state index contributed by atoms with van der Waals surface area (Å²) in [6.45, 7) is 0.442. The number of nitrogens with two attached hydrogens (primary N) is 1.